The third-order valence-electron chi connectivity index (χ3n) is 7.87. The summed E-state index contributed by atoms with van der Waals surface area (Å²) in [5.74, 6) is 1.65. The quantitative estimate of drug-likeness (QED) is 0.776. The van der Waals surface area contributed by atoms with Crippen LogP contribution in [0.2, 0.25) is 0 Å². The summed E-state index contributed by atoms with van der Waals surface area (Å²) < 4.78 is 0. The van der Waals surface area contributed by atoms with E-state index in [2.05, 4.69) is 21.8 Å². The van der Waals surface area contributed by atoms with Crippen molar-refractivity contribution in [3.8, 4) is 0 Å². The first-order valence-corrected chi connectivity index (χ1v) is 12.6. The second-order valence-electron chi connectivity index (χ2n) is 10.3. The van der Waals surface area contributed by atoms with Crippen LogP contribution in [-0.4, -0.2) is 56.3 Å². The highest BCUT2D eigenvalue weighted by Crippen LogP contribution is 2.30. The van der Waals surface area contributed by atoms with Crippen molar-refractivity contribution in [3.63, 3.8) is 0 Å². The number of hydrogen-bond acceptors (Lipinski definition) is 5. The lowest BCUT2D eigenvalue weighted by atomic mass is 9.86. The topological polar surface area (TPSA) is 82.2 Å². The minimum atomic E-state index is 0.00458. The Hall–Kier alpha value is -2.54. The third-order valence-corrected chi connectivity index (χ3v) is 7.87. The van der Waals surface area contributed by atoms with Crippen molar-refractivity contribution < 1.29 is 4.79 Å². The van der Waals surface area contributed by atoms with E-state index in [0.29, 0.717) is 24.7 Å². The molecule has 0 aromatic carbocycles. The average Bonchev–Trinajstić information content (AvgIpc) is 2.84. The van der Waals surface area contributed by atoms with E-state index in [0.717, 1.165) is 61.0 Å². The van der Waals surface area contributed by atoms with Crippen molar-refractivity contribution in [2.75, 3.05) is 19.6 Å². The summed E-state index contributed by atoms with van der Waals surface area (Å²) in [7, 11) is 0. The van der Waals surface area contributed by atoms with Crippen LogP contribution < -0.4 is 5.56 Å². The zero-order chi connectivity index (χ0) is 22.9. The zero-order valence-corrected chi connectivity index (χ0v) is 19.8. The molecule has 2 aromatic rings. The van der Waals surface area contributed by atoms with Crippen molar-refractivity contribution in [1.82, 2.24) is 24.8 Å². The second kappa shape index (κ2) is 9.37. The molecule has 1 aliphatic carbocycles. The van der Waals surface area contributed by atoms with Gasteiger partial charge in [0.1, 0.15) is 5.82 Å². The Balaban J connectivity index is 1.29. The van der Waals surface area contributed by atoms with Gasteiger partial charge in [0.25, 0.3) is 11.5 Å². The number of H-pyrrole nitrogens is 1. The number of rotatable bonds is 3. The maximum absolute atomic E-state index is 13.1. The van der Waals surface area contributed by atoms with Crippen LogP contribution in [0.25, 0.3) is 0 Å². The van der Waals surface area contributed by atoms with Gasteiger partial charge in [0.2, 0.25) is 0 Å². The first-order valence-electron chi connectivity index (χ1n) is 12.6. The minimum absolute atomic E-state index is 0.00458. The lowest BCUT2D eigenvalue weighted by Crippen LogP contribution is -2.44. The fourth-order valence-corrected chi connectivity index (χ4v) is 5.74. The van der Waals surface area contributed by atoms with Crippen LogP contribution in [0.4, 0.5) is 0 Å². The number of aromatic amines is 1. The molecule has 33 heavy (non-hydrogen) atoms. The fourth-order valence-electron chi connectivity index (χ4n) is 5.74. The normalized spacial score (nSPS) is 26.1. The molecule has 4 heterocycles. The molecular formula is C26H35N5O2. The van der Waals surface area contributed by atoms with Crippen molar-refractivity contribution in [3.05, 3.63) is 57.0 Å². The molecule has 1 N–H and O–H groups in total. The molecule has 0 unspecified atom stereocenters. The van der Waals surface area contributed by atoms with E-state index >= 15 is 0 Å². The molecule has 2 aliphatic heterocycles. The summed E-state index contributed by atoms with van der Waals surface area (Å²) in [5.41, 5.74) is 3.33. The number of fused-ring (bicyclic) bond motifs is 1. The van der Waals surface area contributed by atoms with Crippen LogP contribution in [0, 0.1) is 12.8 Å². The number of nitrogens with one attached hydrogen (secondary N) is 1. The number of aryl methyl sites for hydroxylation is 1. The van der Waals surface area contributed by atoms with Gasteiger partial charge in [-0.3, -0.25) is 19.5 Å². The Morgan fingerprint density at radius 2 is 1.94 bits per heavy atom. The predicted molar refractivity (Wildman–Crippen MR) is 127 cm³/mol. The molecule has 0 spiro atoms. The summed E-state index contributed by atoms with van der Waals surface area (Å²) in [4.78, 5) is 42.7. The molecule has 2 aromatic heterocycles. The van der Waals surface area contributed by atoms with E-state index in [1.807, 2.05) is 24.0 Å². The van der Waals surface area contributed by atoms with Gasteiger partial charge in [0.05, 0.1) is 16.8 Å². The van der Waals surface area contributed by atoms with Gasteiger partial charge in [-0.25, -0.2) is 4.98 Å². The van der Waals surface area contributed by atoms with Gasteiger partial charge in [-0.05, 0) is 63.5 Å². The summed E-state index contributed by atoms with van der Waals surface area (Å²) in [6.45, 7) is 7.27. The molecule has 7 nitrogen and oxygen atoms in total. The van der Waals surface area contributed by atoms with Crippen LogP contribution in [0.15, 0.2) is 23.1 Å². The summed E-state index contributed by atoms with van der Waals surface area (Å²) in [5, 5.41) is 0. The highest BCUT2D eigenvalue weighted by molar-refractivity contribution is 5.94. The number of hydrogen-bond donors (Lipinski definition) is 1. The third kappa shape index (κ3) is 4.74. The van der Waals surface area contributed by atoms with Crippen LogP contribution >= 0.6 is 0 Å². The highest BCUT2D eigenvalue weighted by atomic mass is 16.2. The lowest BCUT2D eigenvalue weighted by molar-refractivity contribution is 0.0703. The molecule has 0 bridgehead atoms. The standard InChI is InChI=1S/C26H35N5O2/c1-17-5-9-21(10-6-17)30-13-11-23-22(16-30)25(32)29-24(28-23)20-4-3-12-31(15-20)26(33)19-8-7-18(2)27-14-19/h7-8,14,17,20-21H,3-6,9-13,15-16H2,1-2H3,(H,28,29,32)/t17?,20-,21?/m1/s1. The summed E-state index contributed by atoms with van der Waals surface area (Å²) in [6, 6.07) is 4.31. The van der Waals surface area contributed by atoms with Crippen molar-refractivity contribution in [1.29, 1.82) is 0 Å². The molecule has 5 rings (SSSR count). The Bertz CT molecular complexity index is 1060. The first kappa shape index (κ1) is 22.3. The summed E-state index contributed by atoms with van der Waals surface area (Å²) in [6.07, 6.45) is 9.38. The SMILES string of the molecule is Cc1ccc(C(=O)N2CCC[C@@H](c3nc4c(c(=O)[nH]3)CN(C3CCC(C)CC3)CC4)C2)cn1. The average molecular weight is 450 g/mol. The van der Waals surface area contributed by atoms with Gasteiger partial charge in [-0.15, -0.1) is 0 Å². The van der Waals surface area contributed by atoms with Gasteiger partial charge in [-0.2, -0.15) is 0 Å². The number of amides is 1. The maximum atomic E-state index is 13.1. The molecule has 176 valence electrons. The highest BCUT2D eigenvalue weighted by Gasteiger charge is 2.31. The number of pyridine rings is 1. The summed E-state index contributed by atoms with van der Waals surface area (Å²) >= 11 is 0. The van der Waals surface area contributed by atoms with Crippen LogP contribution in [0.5, 0.6) is 0 Å². The molecule has 1 atom stereocenters. The van der Waals surface area contributed by atoms with Gasteiger partial charge in [0, 0.05) is 56.5 Å². The van der Waals surface area contributed by atoms with Crippen molar-refractivity contribution >= 4 is 5.91 Å². The number of carbonyl (C=O) groups is 1. The number of likely N-dealkylation sites (tertiary alicyclic amines) is 1. The molecule has 3 aliphatic rings. The van der Waals surface area contributed by atoms with E-state index in [4.69, 9.17) is 4.98 Å². The minimum Gasteiger partial charge on any atom is -0.338 e. The number of carbonyl (C=O) groups excluding carboxylic acids is 1. The number of piperidine rings is 1. The molecular weight excluding hydrogens is 414 g/mol. The van der Waals surface area contributed by atoms with Crippen LogP contribution in [0.3, 0.4) is 0 Å². The van der Waals surface area contributed by atoms with Crippen LogP contribution in [0.1, 0.15) is 84.5 Å². The molecule has 0 radical (unpaired) electrons. The Morgan fingerprint density at radius 3 is 2.70 bits per heavy atom. The number of nitrogens with zero attached hydrogens (tertiary/aromatic N) is 4. The Kier molecular flexibility index (Phi) is 6.32. The van der Waals surface area contributed by atoms with Crippen molar-refractivity contribution in [2.45, 2.75) is 77.3 Å². The van der Waals surface area contributed by atoms with Gasteiger partial charge < -0.3 is 9.88 Å². The Labute approximate surface area is 195 Å². The van der Waals surface area contributed by atoms with Crippen LogP contribution in [-0.2, 0) is 13.0 Å². The van der Waals surface area contributed by atoms with Gasteiger partial charge in [-0.1, -0.05) is 6.92 Å². The molecule has 7 heteroatoms. The molecule has 1 saturated heterocycles. The monoisotopic (exact) mass is 449 g/mol. The van der Waals surface area contributed by atoms with E-state index < -0.39 is 0 Å². The number of aromatic nitrogens is 3. The second-order valence-corrected chi connectivity index (χ2v) is 10.3. The smallest absolute Gasteiger partial charge is 0.255 e. The molecule has 1 amide bonds. The predicted octanol–water partition coefficient (Wildman–Crippen LogP) is 3.43. The van der Waals surface area contributed by atoms with E-state index in [9.17, 15) is 9.59 Å². The fraction of sp³-hybridized carbons (Fsp3) is 0.615. The van der Waals surface area contributed by atoms with E-state index in [-0.39, 0.29) is 17.4 Å². The van der Waals surface area contributed by atoms with E-state index in [1.165, 1.54) is 25.7 Å². The van der Waals surface area contributed by atoms with Crippen molar-refractivity contribution in [2.24, 2.45) is 5.92 Å². The zero-order valence-electron chi connectivity index (χ0n) is 19.8. The first-order chi connectivity index (χ1) is 16.0. The van der Waals surface area contributed by atoms with Gasteiger partial charge in [0.15, 0.2) is 0 Å². The maximum Gasteiger partial charge on any atom is 0.255 e. The molecule has 1 saturated carbocycles. The Morgan fingerprint density at radius 1 is 1.12 bits per heavy atom. The lowest BCUT2D eigenvalue weighted by Gasteiger charge is -2.38. The largest absolute Gasteiger partial charge is 0.338 e. The van der Waals surface area contributed by atoms with E-state index in [1.54, 1.807) is 6.20 Å². The molecule has 2 fully saturated rings. The van der Waals surface area contributed by atoms with Gasteiger partial charge >= 0.3 is 0 Å².